The van der Waals surface area contributed by atoms with E-state index < -0.39 is 17.9 Å². The van der Waals surface area contributed by atoms with Crippen LogP contribution in [-0.2, 0) is 16.6 Å². The van der Waals surface area contributed by atoms with Crippen LogP contribution < -0.4 is 5.32 Å². The van der Waals surface area contributed by atoms with Gasteiger partial charge in [-0.2, -0.15) is 0 Å². The number of nitrogens with one attached hydrogen (secondary N) is 2. The van der Waals surface area contributed by atoms with Crippen molar-refractivity contribution in [3.63, 3.8) is 0 Å². The number of rotatable bonds is 5. The third-order valence-corrected chi connectivity index (χ3v) is 4.27. The van der Waals surface area contributed by atoms with Crippen LogP contribution in [0.1, 0.15) is 42.6 Å². The maximum absolute atomic E-state index is 12.4. The van der Waals surface area contributed by atoms with E-state index in [-0.39, 0.29) is 17.6 Å². The van der Waals surface area contributed by atoms with Crippen molar-refractivity contribution in [1.29, 1.82) is 0 Å². The first-order valence-corrected chi connectivity index (χ1v) is 8.44. The molecule has 0 aliphatic carbocycles. The molecule has 2 heterocycles. The Kier molecular flexibility index (Phi) is 4.59. The van der Waals surface area contributed by atoms with E-state index >= 15 is 0 Å². The first-order chi connectivity index (χ1) is 12.3. The van der Waals surface area contributed by atoms with Crippen LogP contribution in [-0.4, -0.2) is 28.0 Å². The van der Waals surface area contributed by atoms with Gasteiger partial charge in [-0.25, -0.2) is 4.79 Å². The third kappa shape index (κ3) is 3.64. The third-order valence-electron chi connectivity index (χ3n) is 4.27. The molecule has 1 aromatic carbocycles. The normalized spacial score (nSPS) is 12.9. The molecule has 3 rings (SSSR count). The number of fused-ring (bicyclic) bond motifs is 1. The van der Waals surface area contributed by atoms with E-state index in [2.05, 4.69) is 10.3 Å². The molecular weight excluding hydrogens is 332 g/mol. The van der Waals surface area contributed by atoms with Crippen molar-refractivity contribution in [1.82, 2.24) is 10.3 Å². The summed E-state index contributed by atoms with van der Waals surface area (Å²) in [4.78, 5) is 27.2. The van der Waals surface area contributed by atoms with Gasteiger partial charge in [0.1, 0.15) is 11.8 Å². The van der Waals surface area contributed by atoms with Crippen molar-refractivity contribution >= 4 is 22.8 Å². The van der Waals surface area contributed by atoms with Gasteiger partial charge in [0, 0.05) is 28.9 Å². The average Bonchev–Trinajstić information content (AvgIpc) is 3.21. The first-order valence-electron chi connectivity index (χ1n) is 8.44. The van der Waals surface area contributed by atoms with E-state index in [1.54, 1.807) is 18.3 Å². The Bertz CT molecular complexity index is 946. The topological polar surface area (TPSA) is 95.3 Å². The predicted molar refractivity (Wildman–Crippen MR) is 98.3 cm³/mol. The number of carbonyl (C=O) groups is 2. The lowest BCUT2D eigenvalue weighted by molar-refractivity contribution is -0.139. The van der Waals surface area contributed by atoms with Crippen molar-refractivity contribution in [2.75, 3.05) is 0 Å². The number of aliphatic carboxylic acids is 1. The molecule has 2 aromatic heterocycles. The number of carbonyl (C=O) groups excluding carboxylic acids is 1. The number of benzene rings is 1. The standard InChI is InChI=1S/C20H22N2O4/c1-20(2,3)17-9-8-16(26-17)18(23)22-15(19(24)25)10-12-11-21-14-7-5-4-6-13(12)14/h4-9,11,15,21H,10H2,1-3H3,(H,22,23)(H,24,25). The number of hydrogen-bond acceptors (Lipinski definition) is 3. The monoisotopic (exact) mass is 354 g/mol. The van der Waals surface area contributed by atoms with Crippen LogP contribution in [0.15, 0.2) is 47.0 Å². The number of aromatic nitrogens is 1. The molecule has 0 spiro atoms. The molecular formula is C20H22N2O4. The fourth-order valence-electron chi connectivity index (χ4n) is 2.81. The molecule has 0 radical (unpaired) electrons. The van der Waals surface area contributed by atoms with Gasteiger partial charge in [-0.1, -0.05) is 39.0 Å². The predicted octanol–water partition coefficient (Wildman–Crippen LogP) is 3.48. The van der Waals surface area contributed by atoms with Crippen LogP contribution in [0.25, 0.3) is 10.9 Å². The summed E-state index contributed by atoms with van der Waals surface area (Å²) in [7, 11) is 0. The second-order valence-corrected chi connectivity index (χ2v) is 7.34. The number of amides is 1. The lowest BCUT2D eigenvalue weighted by Gasteiger charge is -2.15. The van der Waals surface area contributed by atoms with E-state index in [0.717, 1.165) is 16.5 Å². The summed E-state index contributed by atoms with van der Waals surface area (Å²) in [6, 6.07) is 9.90. The Balaban J connectivity index is 1.77. The largest absolute Gasteiger partial charge is 0.480 e. The molecule has 3 N–H and O–H groups in total. The van der Waals surface area contributed by atoms with Crippen LogP contribution in [0.2, 0.25) is 0 Å². The Morgan fingerprint density at radius 3 is 2.58 bits per heavy atom. The summed E-state index contributed by atoms with van der Waals surface area (Å²) < 4.78 is 5.58. The Morgan fingerprint density at radius 1 is 1.19 bits per heavy atom. The molecule has 0 aliphatic rings. The summed E-state index contributed by atoms with van der Waals surface area (Å²) in [6.45, 7) is 5.93. The minimum absolute atomic E-state index is 0.111. The lowest BCUT2D eigenvalue weighted by atomic mass is 9.94. The van der Waals surface area contributed by atoms with E-state index in [0.29, 0.717) is 5.76 Å². The van der Waals surface area contributed by atoms with Crippen LogP contribution >= 0.6 is 0 Å². The molecule has 0 saturated heterocycles. The minimum Gasteiger partial charge on any atom is -0.480 e. The molecule has 6 nitrogen and oxygen atoms in total. The number of carboxylic acids is 1. The highest BCUT2D eigenvalue weighted by atomic mass is 16.4. The number of hydrogen-bond donors (Lipinski definition) is 3. The highest BCUT2D eigenvalue weighted by molar-refractivity contribution is 5.94. The highest BCUT2D eigenvalue weighted by Crippen LogP contribution is 2.24. The first kappa shape index (κ1) is 17.8. The number of carboxylic acid groups (broad SMARTS) is 1. The summed E-state index contributed by atoms with van der Waals surface area (Å²) in [5.74, 6) is -0.842. The van der Waals surface area contributed by atoms with Crippen LogP contribution in [0.3, 0.4) is 0 Å². The molecule has 6 heteroatoms. The fourth-order valence-corrected chi connectivity index (χ4v) is 2.81. The molecule has 1 amide bonds. The summed E-state index contributed by atoms with van der Waals surface area (Å²) in [6.07, 6.45) is 1.95. The van der Waals surface area contributed by atoms with Gasteiger partial charge in [0.2, 0.25) is 0 Å². The Morgan fingerprint density at radius 2 is 1.92 bits per heavy atom. The van der Waals surface area contributed by atoms with Crippen molar-refractivity contribution in [2.45, 2.75) is 38.6 Å². The Labute approximate surface area is 151 Å². The molecule has 1 atom stereocenters. The average molecular weight is 354 g/mol. The molecule has 0 aliphatic heterocycles. The Hall–Kier alpha value is -3.02. The zero-order valence-electron chi connectivity index (χ0n) is 15.0. The van der Waals surface area contributed by atoms with Gasteiger partial charge in [0.25, 0.3) is 5.91 Å². The van der Waals surface area contributed by atoms with Crippen LogP contribution in [0, 0.1) is 0 Å². The smallest absolute Gasteiger partial charge is 0.326 e. The van der Waals surface area contributed by atoms with Gasteiger partial charge in [-0.15, -0.1) is 0 Å². The summed E-state index contributed by atoms with van der Waals surface area (Å²) >= 11 is 0. The number of aromatic amines is 1. The number of para-hydroxylation sites is 1. The summed E-state index contributed by atoms with van der Waals surface area (Å²) in [5.41, 5.74) is 1.54. The molecule has 136 valence electrons. The van der Waals surface area contributed by atoms with Gasteiger partial charge >= 0.3 is 5.97 Å². The van der Waals surface area contributed by atoms with Gasteiger partial charge < -0.3 is 19.8 Å². The van der Waals surface area contributed by atoms with E-state index in [1.807, 2.05) is 45.0 Å². The second kappa shape index (κ2) is 6.71. The van der Waals surface area contributed by atoms with Crippen LogP contribution in [0.5, 0.6) is 0 Å². The van der Waals surface area contributed by atoms with Crippen LogP contribution in [0.4, 0.5) is 0 Å². The molecule has 0 saturated carbocycles. The molecule has 1 unspecified atom stereocenters. The zero-order chi connectivity index (χ0) is 18.9. The highest BCUT2D eigenvalue weighted by Gasteiger charge is 2.25. The van der Waals surface area contributed by atoms with Crippen molar-refractivity contribution in [2.24, 2.45) is 0 Å². The molecule has 26 heavy (non-hydrogen) atoms. The van der Waals surface area contributed by atoms with E-state index in [1.165, 1.54) is 0 Å². The zero-order valence-corrected chi connectivity index (χ0v) is 15.0. The maximum atomic E-state index is 12.4. The van der Waals surface area contributed by atoms with Gasteiger partial charge in [0.05, 0.1) is 0 Å². The lowest BCUT2D eigenvalue weighted by Crippen LogP contribution is -2.42. The van der Waals surface area contributed by atoms with Gasteiger partial charge in [-0.05, 0) is 23.8 Å². The summed E-state index contributed by atoms with van der Waals surface area (Å²) in [5, 5.41) is 13.0. The van der Waals surface area contributed by atoms with Crippen molar-refractivity contribution in [3.8, 4) is 0 Å². The van der Waals surface area contributed by atoms with Crippen molar-refractivity contribution < 1.29 is 19.1 Å². The maximum Gasteiger partial charge on any atom is 0.326 e. The van der Waals surface area contributed by atoms with E-state index in [4.69, 9.17) is 4.42 Å². The van der Waals surface area contributed by atoms with Crippen molar-refractivity contribution in [3.05, 3.63) is 59.7 Å². The SMILES string of the molecule is CC(C)(C)c1ccc(C(=O)NC(Cc2c[nH]c3ccccc23)C(=O)O)o1. The minimum atomic E-state index is -1.09. The molecule has 0 bridgehead atoms. The van der Waals surface area contributed by atoms with Gasteiger partial charge in [-0.3, -0.25) is 4.79 Å². The quantitative estimate of drug-likeness (QED) is 0.653. The second-order valence-electron chi connectivity index (χ2n) is 7.34. The number of H-pyrrole nitrogens is 1. The number of furan rings is 1. The molecule has 0 fully saturated rings. The van der Waals surface area contributed by atoms with Gasteiger partial charge in [0.15, 0.2) is 5.76 Å². The fraction of sp³-hybridized carbons (Fsp3) is 0.300. The molecule has 3 aromatic rings. The van der Waals surface area contributed by atoms with E-state index in [9.17, 15) is 14.7 Å².